The number of hydrogen-bond donors (Lipinski definition) is 6. The lowest BCUT2D eigenvalue weighted by molar-refractivity contribution is -0.302. The van der Waals surface area contributed by atoms with Crippen molar-refractivity contribution in [3.05, 3.63) is 24.3 Å². The molecule has 372 valence electrons. The largest absolute Gasteiger partial charge is 0.394 e. The van der Waals surface area contributed by atoms with E-state index in [1.807, 2.05) is 6.08 Å². The summed E-state index contributed by atoms with van der Waals surface area (Å²) in [4.78, 5) is 13.0. The van der Waals surface area contributed by atoms with E-state index in [9.17, 15) is 30.3 Å². The minimum Gasteiger partial charge on any atom is -0.394 e. The summed E-state index contributed by atoms with van der Waals surface area (Å²) in [6, 6.07) is -0.802. The summed E-state index contributed by atoms with van der Waals surface area (Å²) in [6.07, 6.45) is 48.1. The number of amides is 1. The fourth-order valence-electron chi connectivity index (χ4n) is 8.68. The van der Waals surface area contributed by atoms with Gasteiger partial charge in [0.2, 0.25) is 5.91 Å². The third-order valence-electron chi connectivity index (χ3n) is 13.0. The fraction of sp³-hybridized carbons (Fsp3) is 0.907. The Kier molecular flexibility index (Phi) is 42.2. The summed E-state index contributed by atoms with van der Waals surface area (Å²) in [5, 5.41) is 54.3. The topological polar surface area (TPSA) is 149 Å². The second kappa shape index (κ2) is 44.5. The minimum absolute atomic E-state index is 0.176. The van der Waals surface area contributed by atoms with Crippen molar-refractivity contribution in [1.29, 1.82) is 0 Å². The number of aliphatic hydroxyl groups is 5. The van der Waals surface area contributed by atoms with E-state index in [1.165, 1.54) is 199 Å². The van der Waals surface area contributed by atoms with E-state index in [4.69, 9.17) is 9.47 Å². The van der Waals surface area contributed by atoms with Crippen LogP contribution in [0, 0.1) is 0 Å². The molecule has 7 unspecified atom stereocenters. The van der Waals surface area contributed by atoms with Crippen LogP contribution in [0.25, 0.3) is 0 Å². The number of ether oxygens (including phenoxy) is 2. The summed E-state index contributed by atoms with van der Waals surface area (Å²) < 4.78 is 11.2. The zero-order valence-electron chi connectivity index (χ0n) is 41.1. The van der Waals surface area contributed by atoms with Crippen molar-refractivity contribution < 1.29 is 39.8 Å². The van der Waals surface area contributed by atoms with Crippen LogP contribution in [0.2, 0.25) is 0 Å². The molecule has 0 aromatic carbocycles. The summed E-state index contributed by atoms with van der Waals surface area (Å²) in [7, 11) is 0. The van der Waals surface area contributed by atoms with Crippen LogP contribution < -0.4 is 5.32 Å². The zero-order valence-corrected chi connectivity index (χ0v) is 41.1. The average molecular weight is 894 g/mol. The van der Waals surface area contributed by atoms with Crippen LogP contribution in [0.15, 0.2) is 24.3 Å². The number of carbonyl (C=O) groups excluding carboxylic acids is 1. The average Bonchev–Trinajstić information content (AvgIpc) is 3.28. The summed E-state index contributed by atoms with van der Waals surface area (Å²) >= 11 is 0. The molecule has 9 nitrogen and oxygen atoms in total. The number of unbranched alkanes of at least 4 members (excludes halogenated alkanes) is 34. The molecule has 1 aliphatic heterocycles. The highest BCUT2D eigenvalue weighted by Gasteiger charge is 2.44. The van der Waals surface area contributed by atoms with Gasteiger partial charge in [-0.15, -0.1) is 0 Å². The molecule has 0 spiro atoms. The number of nitrogens with one attached hydrogen (secondary N) is 1. The Bertz CT molecular complexity index is 1040. The van der Waals surface area contributed by atoms with Crippen LogP contribution in [-0.4, -0.2) is 87.5 Å². The van der Waals surface area contributed by atoms with E-state index in [1.54, 1.807) is 6.08 Å². The molecule has 1 rings (SSSR count). The highest BCUT2D eigenvalue weighted by Crippen LogP contribution is 2.23. The Hall–Kier alpha value is -1.33. The Balaban J connectivity index is 2.19. The van der Waals surface area contributed by atoms with Crippen LogP contribution in [0.5, 0.6) is 0 Å². The number of carbonyl (C=O) groups is 1. The van der Waals surface area contributed by atoms with Crippen molar-refractivity contribution >= 4 is 5.91 Å². The molecule has 1 aliphatic rings. The maximum atomic E-state index is 13.0. The smallest absolute Gasteiger partial charge is 0.220 e. The van der Waals surface area contributed by atoms with Gasteiger partial charge >= 0.3 is 0 Å². The first-order chi connectivity index (χ1) is 30.8. The van der Waals surface area contributed by atoms with E-state index >= 15 is 0 Å². The quantitative estimate of drug-likeness (QED) is 0.0261. The molecule has 1 amide bonds. The van der Waals surface area contributed by atoms with Crippen LogP contribution in [0.1, 0.15) is 258 Å². The molecule has 0 bridgehead atoms. The van der Waals surface area contributed by atoms with Gasteiger partial charge < -0.3 is 40.3 Å². The molecule has 6 N–H and O–H groups in total. The minimum atomic E-state index is -1.56. The Labute approximate surface area is 388 Å². The lowest BCUT2D eigenvalue weighted by atomic mass is 9.99. The van der Waals surface area contributed by atoms with Gasteiger partial charge in [-0.3, -0.25) is 4.79 Å². The van der Waals surface area contributed by atoms with E-state index in [-0.39, 0.29) is 12.5 Å². The molecular weight excluding hydrogens is 791 g/mol. The maximum Gasteiger partial charge on any atom is 0.220 e. The highest BCUT2D eigenvalue weighted by molar-refractivity contribution is 5.76. The van der Waals surface area contributed by atoms with Crippen molar-refractivity contribution in [3.8, 4) is 0 Å². The van der Waals surface area contributed by atoms with Crippen molar-refractivity contribution in [2.45, 2.75) is 301 Å². The van der Waals surface area contributed by atoms with Gasteiger partial charge in [0, 0.05) is 6.42 Å². The Morgan fingerprint density at radius 3 is 1.29 bits per heavy atom. The van der Waals surface area contributed by atoms with Crippen molar-refractivity contribution in [2.24, 2.45) is 0 Å². The lowest BCUT2D eigenvalue weighted by Crippen LogP contribution is -2.60. The third-order valence-corrected chi connectivity index (χ3v) is 13.0. The third kappa shape index (κ3) is 34.6. The van der Waals surface area contributed by atoms with Crippen LogP contribution in [0.4, 0.5) is 0 Å². The number of rotatable bonds is 46. The van der Waals surface area contributed by atoms with Gasteiger partial charge in [0.1, 0.15) is 24.4 Å². The first-order valence-electron chi connectivity index (χ1n) is 27.1. The number of allylic oxidation sites excluding steroid dienone is 3. The van der Waals surface area contributed by atoms with Gasteiger partial charge in [-0.2, -0.15) is 0 Å². The highest BCUT2D eigenvalue weighted by atomic mass is 16.7. The molecule has 1 heterocycles. The molecule has 0 aromatic heterocycles. The van der Waals surface area contributed by atoms with E-state index in [2.05, 4.69) is 31.3 Å². The van der Waals surface area contributed by atoms with E-state index in [0.29, 0.717) is 6.42 Å². The predicted octanol–water partition coefficient (Wildman–Crippen LogP) is 12.6. The standard InChI is InChI=1S/C54H103NO8/c1-3-5-7-9-11-13-15-17-18-19-20-21-22-23-24-25-26-27-28-29-30-32-34-36-38-40-42-44-50(58)55-47(46-62-54-53(61)52(60)51(59)49(45-56)63-54)48(57)43-41-39-37-35-33-31-16-14-12-10-8-6-4-2/h23-24,41,43,47-49,51-54,56-57,59-61H,3-22,25-40,42,44-46H2,1-2H3,(H,55,58)/b24-23-,43-41+. The molecule has 1 fully saturated rings. The SMILES string of the molecule is CCCCCCCCCCCCC/C=C/C(O)C(COC1OC(CO)C(O)C(O)C1O)NC(=O)CCCCCCCCCCCCC/C=C\CCCCCCCCCCCCCC. The van der Waals surface area contributed by atoms with E-state index < -0.39 is 49.5 Å². The summed E-state index contributed by atoms with van der Waals surface area (Å²) in [5.41, 5.74) is 0. The summed E-state index contributed by atoms with van der Waals surface area (Å²) in [6.45, 7) is 3.79. The summed E-state index contributed by atoms with van der Waals surface area (Å²) in [5.74, 6) is -0.176. The normalized spacial score (nSPS) is 20.3. The van der Waals surface area contributed by atoms with Crippen molar-refractivity contribution in [2.75, 3.05) is 13.2 Å². The molecule has 9 heteroatoms. The van der Waals surface area contributed by atoms with E-state index in [0.717, 1.165) is 38.5 Å². The van der Waals surface area contributed by atoms with Gasteiger partial charge in [0.15, 0.2) is 6.29 Å². The predicted molar refractivity (Wildman–Crippen MR) is 263 cm³/mol. The van der Waals surface area contributed by atoms with Gasteiger partial charge in [-0.05, 0) is 44.9 Å². The molecule has 7 atom stereocenters. The van der Waals surface area contributed by atoms with Crippen LogP contribution in [0.3, 0.4) is 0 Å². The lowest BCUT2D eigenvalue weighted by Gasteiger charge is -2.40. The zero-order chi connectivity index (χ0) is 45.9. The van der Waals surface area contributed by atoms with Gasteiger partial charge in [-0.1, -0.05) is 231 Å². The molecule has 0 saturated carbocycles. The number of hydrogen-bond acceptors (Lipinski definition) is 8. The maximum absolute atomic E-state index is 13.0. The van der Waals surface area contributed by atoms with Crippen LogP contribution in [-0.2, 0) is 14.3 Å². The second-order valence-electron chi connectivity index (χ2n) is 19.0. The van der Waals surface area contributed by atoms with Crippen molar-refractivity contribution in [3.63, 3.8) is 0 Å². The monoisotopic (exact) mass is 894 g/mol. The van der Waals surface area contributed by atoms with Gasteiger partial charge in [-0.25, -0.2) is 0 Å². The second-order valence-corrected chi connectivity index (χ2v) is 19.0. The molecule has 0 aromatic rings. The first-order valence-corrected chi connectivity index (χ1v) is 27.1. The fourth-order valence-corrected chi connectivity index (χ4v) is 8.68. The van der Waals surface area contributed by atoms with Crippen molar-refractivity contribution in [1.82, 2.24) is 5.32 Å². The van der Waals surface area contributed by atoms with Crippen LogP contribution >= 0.6 is 0 Å². The van der Waals surface area contributed by atoms with Gasteiger partial charge in [0.05, 0.1) is 25.4 Å². The molecule has 63 heavy (non-hydrogen) atoms. The molecule has 1 saturated heterocycles. The van der Waals surface area contributed by atoms with Gasteiger partial charge in [0.25, 0.3) is 0 Å². The molecule has 0 aliphatic carbocycles. The molecule has 0 radical (unpaired) electrons. The first kappa shape index (κ1) is 59.7. The Morgan fingerprint density at radius 2 is 0.889 bits per heavy atom. The Morgan fingerprint density at radius 1 is 0.524 bits per heavy atom. The number of aliphatic hydroxyl groups excluding tert-OH is 5. The molecular formula is C54H103NO8.